The molecule has 20 heavy (non-hydrogen) atoms. The molecule has 0 spiro atoms. The van der Waals surface area contributed by atoms with E-state index in [1.807, 2.05) is 0 Å². The molecule has 1 saturated heterocycles. The standard InChI is InChI=1S/C17H34N2S/c1-6-9-18-16-15(7-8-17(16,4)5)12-19-10-11-20-14(3)13(19)2/h13-16,18H,6-12H2,1-5H3. The molecule has 4 unspecified atom stereocenters. The van der Waals surface area contributed by atoms with Crippen LogP contribution in [-0.2, 0) is 0 Å². The van der Waals surface area contributed by atoms with Crippen LogP contribution in [0.1, 0.15) is 53.9 Å². The summed E-state index contributed by atoms with van der Waals surface area (Å²) in [5, 5.41) is 4.65. The molecule has 2 aliphatic rings. The first-order chi connectivity index (χ1) is 9.45. The van der Waals surface area contributed by atoms with E-state index in [4.69, 9.17) is 0 Å². The average molecular weight is 299 g/mol. The van der Waals surface area contributed by atoms with E-state index < -0.39 is 0 Å². The molecule has 1 aliphatic heterocycles. The summed E-state index contributed by atoms with van der Waals surface area (Å²) in [4.78, 5) is 2.76. The fourth-order valence-electron chi connectivity index (χ4n) is 4.01. The highest BCUT2D eigenvalue weighted by Gasteiger charge is 2.42. The molecular weight excluding hydrogens is 264 g/mol. The van der Waals surface area contributed by atoms with Gasteiger partial charge < -0.3 is 5.32 Å². The van der Waals surface area contributed by atoms with E-state index in [1.54, 1.807) is 0 Å². The topological polar surface area (TPSA) is 15.3 Å². The zero-order valence-corrected chi connectivity index (χ0v) is 14.9. The van der Waals surface area contributed by atoms with Crippen LogP contribution in [0, 0.1) is 11.3 Å². The number of thioether (sulfide) groups is 1. The van der Waals surface area contributed by atoms with E-state index in [2.05, 4.69) is 56.6 Å². The number of nitrogens with one attached hydrogen (secondary N) is 1. The molecule has 1 saturated carbocycles. The number of nitrogens with zero attached hydrogens (tertiary/aromatic N) is 1. The van der Waals surface area contributed by atoms with Gasteiger partial charge in [-0.1, -0.05) is 27.7 Å². The zero-order chi connectivity index (χ0) is 14.8. The Morgan fingerprint density at radius 1 is 1.30 bits per heavy atom. The molecule has 118 valence electrons. The van der Waals surface area contributed by atoms with Crippen LogP contribution in [0.5, 0.6) is 0 Å². The Hall–Kier alpha value is 0.270. The van der Waals surface area contributed by atoms with E-state index in [0.29, 0.717) is 11.5 Å². The summed E-state index contributed by atoms with van der Waals surface area (Å²) in [5.74, 6) is 2.16. The van der Waals surface area contributed by atoms with Gasteiger partial charge in [0, 0.05) is 36.2 Å². The molecule has 0 amide bonds. The van der Waals surface area contributed by atoms with E-state index in [9.17, 15) is 0 Å². The lowest BCUT2D eigenvalue weighted by Crippen LogP contribution is -2.51. The second-order valence-electron chi connectivity index (χ2n) is 7.53. The molecule has 0 aromatic heterocycles. The third-order valence-electron chi connectivity index (χ3n) is 5.57. The monoisotopic (exact) mass is 298 g/mol. The lowest BCUT2D eigenvalue weighted by Gasteiger charge is -2.41. The van der Waals surface area contributed by atoms with Crippen molar-refractivity contribution in [2.75, 3.05) is 25.4 Å². The van der Waals surface area contributed by atoms with Gasteiger partial charge in [0.25, 0.3) is 0 Å². The van der Waals surface area contributed by atoms with E-state index in [-0.39, 0.29) is 0 Å². The molecule has 3 heteroatoms. The Morgan fingerprint density at radius 3 is 2.75 bits per heavy atom. The van der Waals surface area contributed by atoms with Crippen molar-refractivity contribution in [3.63, 3.8) is 0 Å². The van der Waals surface area contributed by atoms with Crippen LogP contribution in [0.2, 0.25) is 0 Å². The third kappa shape index (κ3) is 3.72. The molecule has 2 nitrogen and oxygen atoms in total. The van der Waals surface area contributed by atoms with E-state index in [0.717, 1.165) is 17.2 Å². The van der Waals surface area contributed by atoms with Gasteiger partial charge in [0.1, 0.15) is 0 Å². The van der Waals surface area contributed by atoms with E-state index >= 15 is 0 Å². The highest BCUT2D eigenvalue weighted by Crippen LogP contribution is 2.42. The van der Waals surface area contributed by atoms with Crippen LogP contribution in [0.4, 0.5) is 0 Å². The average Bonchev–Trinajstić information content (AvgIpc) is 2.68. The highest BCUT2D eigenvalue weighted by molar-refractivity contribution is 8.00. The van der Waals surface area contributed by atoms with Crippen molar-refractivity contribution in [1.82, 2.24) is 10.2 Å². The van der Waals surface area contributed by atoms with Gasteiger partial charge in [0.05, 0.1) is 0 Å². The van der Waals surface area contributed by atoms with E-state index in [1.165, 1.54) is 44.6 Å². The van der Waals surface area contributed by atoms with Crippen LogP contribution < -0.4 is 5.32 Å². The summed E-state index contributed by atoms with van der Waals surface area (Å²) >= 11 is 2.14. The lowest BCUT2D eigenvalue weighted by atomic mass is 9.84. The fraction of sp³-hybridized carbons (Fsp3) is 1.00. The maximum absolute atomic E-state index is 3.86. The van der Waals surface area contributed by atoms with Gasteiger partial charge in [-0.2, -0.15) is 11.8 Å². The minimum absolute atomic E-state index is 0.471. The van der Waals surface area contributed by atoms with Crippen LogP contribution in [0.15, 0.2) is 0 Å². The van der Waals surface area contributed by atoms with Crippen LogP contribution in [0.25, 0.3) is 0 Å². The van der Waals surface area contributed by atoms with Crippen LogP contribution in [0.3, 0.4) is 0 Å². The Labute approximate surface area is 130 Å². The summed E-state index contributed by atoms with van der Waals surface area (Å²) in [5.41, 5.74) is 0.471. The van der Waals surface area contributed by atoms with Crippen molar-refractivity contribution in [1.29, 1.82) is 0 Å². The van der Waals surface area contributed by atoms with Crippen molar-refractivity contribution in [3.8, 4) is 0 Å². The summed E-state index contributed by atoms with van der Waals surface area (Å²) < 4.78 is 0. The molecule has 4 atom stereocenters. The lowest BCUT2D eigenvalue weighted by molar-refractivity contribution is 0.152. The smallest absolute Gasteiger partial charge is 0.0184 e. The van der Waals surface area contributed by atoms with Gasteiger partial charge in [-0.3, -0.25) is 4.90 Å². The number of rotatable bonds is 5. The molecule has 1 aliphatic carbocycles. The Morgan fingerprint density at radius 2 is 2.05 bits per heavy atom. The Bertz CT molecular complexity index is 305. The van der Waals surface area contributed by atoms with Crippen molar-refractivity contribution in [3.05, 3.63) is 0 Å². The summed E-state index contributed by atoms with van der Waals surface area (Å²) in [7, 11) is 0. The molecule has 1 heterocycles. The van der Waals surface area contributed by atoms with Crippen molar-refractivity contribution in [2.24, 2.45) is 11.3 Å². The van der Waals surface area contributed by atoms with Crippen molar-refractivity contribution >= 4 is 11.8 Å². The predicted molar refractivity (Wildman–Crippen MR) is 91.5 cm³/mol. The zero-order valence-electron chi connectivity index (χ0n) is 14.1. The fourth-order valence-corrected chi connectivity index (χ4v) is 5.17. The first kappa shape index (κ1) is 16.6. The molecule has 1 N–H and O–H groups in total. The number of hydrogen-bond acceptors (Lipinski definition) is 3. The Balaban J connectivity index is 1.96. The Kier molecular flexibility index (Phi) is 5.84. The first-order valence-corrected chi connectivity index (χ1v) is 9.59. The van der Waals surface area contributed by atoms with Crippen molar-refractivity contribution < 1.29 is 0 Å². The quantitative estimate of drug-likeness (QED) is 0.834. The molecule has 2 rings (SSSR count). The molecule has 0 aromatic carbocycles. The molecule has 0 aromatic rings. The van der Waals surface area contributed by atoms with Gasteiger partial charge in [0.2, 0.25) is 0 Å². The molecule has 2 fully saturated rings. The molecular formula is C17H34N2S. The second kappa shape index (κ2) is 7.02. The van der Waals surface area contributed by atoms with Gasteiger partial charge >= 0.3 is 0 Å². The third-order valence-corrected chi connectivity index (χ3v) is 6.91. The van der Waals surface area contributed by atoms with Gasteiger partial charge in [0.15, 0.2) is 0 Å². The summed E-state index contributed by atoms with van der Waals surface area (Å²) in [6.45, 7) is 15.8. The second-order valence-corrected chi connectivity index (χ2v) is 9.02. The van der Waals surface area contributed by atoms with Gasteiger partial charge in [-0.05, 0) is 44.1 Å². The molecule has 0 radical (unpaired) electrons. The highest BCUT2D eigenvalue weighted by atomic mass is 32.2. The summed E-state index contributed by atoms with van der Waals surface area (Å²) in [6, 6.07) is 1.45. The normalized spacial score (nSPS) is 38.2. The maximum atomic E-state index is 3.86. The SMILES string of the molecule is CCCNC1C(CN2CCSC(C)C2C)CCC1(C)C. The van der Waals surface area contributed by atoms with Crippen LogP contribution in [-0.4, -0.2) is 47.6 Å². The minimum Gasteiger partial charge on any atom is -0.313 e. The van der Waals surface area contributed by atoms with Gasteiger partial charge in [-0.15, -0.1) is 0 Å². The minimum atomic E-state index is 0.471. The maximum Gasteiger partial charge on any atom is 0.0184 e. The molecule has 0 bridgehead atoms. The number of hydrogen-bond donors (Lipinski definition) is 1. The van der Waals surface area contributed by atoms with Crippen LogP contribution >= 0.6 is 11.8 Å². The predicted octanol–water partition coefficient (Wildman–Crippen LogP) is 3.62. The van der Waals surface area contributed by atoms with Crippen molar-refractivity contribution in [2.45, 2.75) is 71.2 Å². The summed E-state index contributed by atoms with van der Waals surface area (Å²) in [6.07, 6.45) is 4.03. The largest absolute Gasteiger partial charge is 0.313 e. The van der Waals surface area contributed by atoms with Gasteiger partial charge in [-0.25, -0.2) is 0 Å². The first-order valence-electron chi connectivity index (χ1n) is 8.54.